The average Bonchev–Trinajstić information content (AvgIpc) is 2.54. The van der Waals surface area contributed by atoms with Crippen molar-refractivity contribution in [1.82, 2.24) is 4.98 Å². The maximum Gasteiger partial charge on any atom is 0.128 e. The summed E-state index contributed by atoms with van der Waals surface area (Å²) < 4.78 is 14.2. The summed E-state index contributed by atoms with van der Waals surface area (Å²) in [6.07, 6.45) is 2.37. The molecule has 0 saturated heterocycles. The summed E-state index contributed by atoms with van der Waals surface area (Å²) in [6, 6.07) is 16.5. The highest BCUT2D eigenvalue weighted by Gasteiger charge is 2.30. The Balaban J connectivity index is 2.19. The maximum atomic E-state index is 14.2. The molecule has 1 unspecified atom stereocenters. The second-order valence-electron chi connectivity index (χ2n) is 5.22. The lowest BCUT2D eigenvalue weighted by atomic mass is 9.81. The average molecular weight is 280 g/mol. The van der Waals surface area contributed by atoms with Crippen molar-refractivity contribution in [2.45, 2.75) is 18.9 Å². The molecule has 0 fully saturated rings. The van der Waals surface area contributed by atoms with Crippen molar-refractivity contribution in [3.8, 4) is 0 Å². The quantitative estimate of drug-likeness (QED) is 0.788. The van der Waals surface area contributed by atoms with E-state index in [-0.39, 0.29) is 5.82 Å². The van der Waals surface area contributed by atoms with E-state index in [2.05, 4.69) is 4.98 Å². The minimum Gasteiger partial charge on any atom is -0.318 e. The van der Waals surface area contributed by atoms with E-state index in [4.69, 9.17) is 5.73 Å². The van der Waals surface area contributed by atoms with Gasteiger partial charge in [-0.3, -0.25) is 4.98 Å². The minimum absolute atomic E-state index is 0.270. The Morgan fingerprint density at radius 1 is 1.10 bits per heavy atom. The van der Waals surface area contributed by atoms with Gasteiger partial charge in [-0.05, 0) is 36.2 Å². The van der Waals surface area contributed by atoms with Crippen LogP contribution in [0.4, 0.5) is 4.39 Å². The highest BCUT2D eigenvalue weighted by Crippen LogP contribution is 2.33. The van der Waals surface area contributed by atoms with Crippen LogP contribution in [0.2, 0.25) is 0 Å². The van der Waals surface area contributed by atoms with Crippen LogP contribution in [0.25, 0.3) is 10.9 Å². The van der Waals surface area contributed by atoms with Gasteiger partial charge in [0, 0.05) is 17.1 Å². The molecular weight excluding hydrogens is 263 g/mol. The summed E-state index contributed by atoms with van der Waals surface area (Å²) in [4.78, 5) is 4.31. The fourth-order valence-corrected chi connectivity index (χ4v) is 2.73. The number of halogens is 1. The number of aromatic nitrogens is 1. The molecule has 0 aliphatic heterocycles. The van der Waals surface area contributed by atoms with Crippen molar-refractivity contribution in [1.29, 1.82) is 0 Å². The lowest BCUT2D eigenvalue weighted by Crippen LogP contribution is -2.38. The predicted octanol–water partition coefficient (Wildman–Crippen LogP) is 3.99. The number of hydrogen-bond acceptors (Lipinski definition) is 2. The van der Waals surface area contributed by atoms with Gasteiger partial charge in [0.15, 0.2) is 0 Å². The molecule has 2 N–H and O–H groups in total. The molecule has 2 aromatic carbocycles. The van der Waals surface area contributed by atoms with Crippen LogP contribution >= 0.6 is 0 Å². The Bertz CT molecular complexity index is 785. The molecular formula is C18H17FN2. The number of benzene rings is 2. The summed E-state index contributed by atoms with van der Waals surface area (Å²) in [5.74, 6) is -0.270. The molecule has 1 atom stereocenters. The molecule has 0 aliphatic rings. The summed E-state index contributed by atoms with van der Waals surface area (Å²) in [6.45, 7) is 1.97. The van der Waals surface area contributed by atoms with Crippen LogP contribution in [0.3, 0.4) is 0 Å². The Labute approximate surface area is 123 Å². The van der Waals surface area contributed by atoms with E-state index < -0.39 is 5.54 Å². The monoisotopic (exact) mass is 280 g/mol. The van der Waals surface area contributed by atoms with Gasteiger partial charge >= 0.3 is 0 Å². The lowest BCUT2D eigenvalue weighted by Gasteiger charge is -2.30. The van der Waals surface area contributed by atoms with Gasteiger partial charge < -0.3 is 5.73 Å². The van der Waals surface area contributed by atoms with Crippen LogP contribution in [-0.2, 0) is 5.54 Å². The zero-order valence-electron chi connectivity index (χ0n) is 11.9. The standard InChI is InChI=1S/C18H17FN2/c1-2-18(20,15-7-3-4-8-16(15)19)14-9-10-17-13(12-14)6-5-11-21-17/h3-12H,2,20H2,1H3. The first kappa shape index (κ1) is 13.7. The molecule has 3 heteroatoms. The van der Waals surface area contributed by atoms with E-state index in [1.807, 2.05) is 43.3 Å². The number of pyridine rings is 1. The van der Waals surface area contributed by atoms with Crippen LogP contribution in [0.15, 0.2) is 60.8 Å². The zero-order chi connectivity index (χ0) is 14.9. The highest BCUT2D eigenvalue weighted by atomic mass is 19.1. The second-order valence-corrected chi connectivity index (χ2v) is 5.22. The molecule has 0 saturated carbocycles. The molecule has 0 spiro atoms. The first-order valence-corrected chi connectivity index (χ1v) is 7.04. The largest absolute Gasteiger partial charge is 0.318 e. The van der Waals surface area contributed by atoms with Gasteiger partial charge in [0.05, 0.1) is 11.1 Å². The van der Waals surface area contributed by atoms with Crippen LogP contribution in [0.1, 0.15) is 24.5 Å². The Morgan fingerprint density at radius 2 is 1.90 bits per heavy atom. The summed E-state index contributed by atoms with van der Waals surface area (Å²) in [5.41, 5.74) is 8.07. The van der Waals surface area contributed by atoms with Gasteiger partial charge in [-0.1, -0.05) is 37.3 Å². The van der Waals surface area contributed by atoms with Gasteiger partial charge in [0.25, 0.3) is 0 Å². The van der Waals surface area contributed by atoms with Crippen molar-refractivity contribution >= 4 is 10.9 Å². The van der Waals surface area contributed by atoms with Crippen molar-refractivity contribution in [3.05, 3.63) is 77.7 Å². The van der Waals surface area contributed by atoms with Gasteiger partial charge in [-0.25, -0.2) is 4.39 Å². The molecule has 106 valence electrons. The zero-order valence-corrected chi connectivity index (χ0v) is 11.9. The number of rotatable bonds is 3. The lowest BCUT2D eigenvalue weighted by molar-refractivity contribution is 0.480. The van der Waals surface area contributed by atoms with Crippen molar-refractivity contribution < 1.29 is 4.39 Å². The fourth-order valence-electron chi connectivity index (χ4n) is 2.73. The highest BCUT2D eigenvalue weighted by molar-refractivity contribution is 5.79. The fraction of sp³-hybridized carbons (Fsp3) is 0.167. The molecule has 3 aromatic rings. The normalized spacial score (nSPS) is 14.0. The first-order valence-electron chi connectivity index (χ1n) is 7.04. The molecule has 0 amide bonds. The first-order chi connectivity index (χ1) is 10.1. The summed E-state index contributed by atoms with van der Waals surface area (Å²) >= 11 is 0. The van der Waals surface area contributed by atoms with Crippen molar-refractivity contribution in [2.24, 2.45) is 5.73 Å². The molecule has 21 heavy (non-hydrogen) atoms. The Kier molecular flexibility index (Phi) is 3.43. The number of nitrogens with two attached hydrogens (primary N) is 1. The number of hydrogen-bond donors (Lipinski definition) is 1. The number of fused-ring (bicyclic) bond motifs is 1. The van der Waals surface area contributed by atoms with E-state index in [1.165, 1.54) is 6.07 Å². The molecule has 2 nitrogen and oxygen atoms in total. The van der Waals surface area contributed by atoms with Crippen LogP contribution in [-0.4, -0.2) is 4.98 Å². The van der Waals surface area contributed by atoms with E-state index in [9.17, 15) is 4.39 Å². The van der Waals surface area contributed by atoms with E-state index in [1.54, 1.807) is 18.3 Å². The smallest absolute Gasteiger partial charge is 0.128 e. The van der Waals surface area contributed by atoms with Crippen molar-refractivity contribution in [3.63, 3.8) is 0 Å². The SMILES string of the molecule is CCC(N)(c1ccc2ncccc2c1)c1ccccc1F. The van der Waals surface area contributed by atoms with E-state index in [0.717, 1.165) is 16.5 Å². The molecule has 3 rings (SSSR count). The molecule has 0 aliphatic carbocycles. The number of nitrogens with zero attached hydrogens (tertiary/aromatic N) is 1. The summed E-state index contributed by atoms with van der Waals surface area (Å²) in [7, 11) is 0. The summed E-state index contributed by atoms with van der Waals surface area (Å²) in [5, 5.41) is 1.01. The molecule has 0 bridgehead atoms. The Morgan fingerprint density at radius 3 is 2.67 bits per heavy atom. The second kappa shape index (κ2) is 5.26. The topological polar surface area (TPSA) is 38.9 Å². The van der Waals surface area contributed by atoms with Crippen LogP contribution in [0.5, 0.6) is 0 Å². The third-order valence-electron chi connectivity index (χ3n) is 4.03. The van der Waals surface area contributed by atoms with Crippen LogP contribution in [0, 0.1) is 5.82 Å². The molecule has 1 aromatic heterocycles. The van der Waals surface area contributed by atoms with Crippen LogP contribution < -0.4 is 5.73 Å². The third kappa shape index (κ3) is 2.30. The van der Waals surface area contributed by atoms with E-state index >= 15 is 0 Å². The minimum atomic E-state index is -0.838. The van der Waals surface area contributed by atoms with Crippen molar-refractivity contribution in [2.75, 3.05) is 0 Å². The Hall–Kier alpha value is -2.26. The van der Waals surface area contributed by atoms with Gasteiger partial charge in [-0.2, -0.15) is 0 Å². The molecule has 0 radical (unpaired) electrons. The van der Waals surface area contributed by atoms with Gasteiger partial charge in [0.1, 0.15) is 5.82 Å². The third-order valence-corrected chi connectivity index (χ3v) is 4.03. The molecule has 1 heterocycles. The maximum absolute atomic E-state index is 14.2. The van der Waals surface area contributed by atoms with Gasteiger partial charge in [-0.15, -0.1) is 0 Å². The predicted molar refractivity (Wildman–Crippen MR) is 83.4 cm³/mol. The van der Waals surface area contributed by atoms with E-state index in [0.29, 0.717) is 12.0 Å². The van der Waals surface area contributed by atoms with Gasteiger partial charge in [0.2, 0.25) is 0 Å².